The Kier molecular flexibility index (Phi) is 6.88. The molecule has 3 rings (SSSR count). The first-order valence-corrected chi connectivity index (χ1v) is 10.8. The van der Waals surface area contributed by atoms with Crippen LogP contribution in [0.1, 0.15) is 5.56 Å². The number of aliphatic hydroxyl groups is 4. The molecular formula is C16H20N2O10S2. The maximum atomic E-state index is 10.9. The van der Waals surface area contributed by atoms with Gasteiger partial charge in [-0.15, -0.1) is 0 Å². The molecule has 0 spiro atoms. The number of hydrogen-bond acceptors (Lipinski definition) is 11. The number of oxime groups is 1. The predicted molar refractivity (Wildman–Crippen MR) is 105 cm³/mol. The molecule has 2 aromatic rings. The zero-order valence-corrected chi connectivity index (χ0v) is 16.8. The highest BCUT2D eigenvalue weighted by atomic mass is 32.3. The van der Waals surface area contributed by atoms with Crippen LogP contribution in [0.2, 0.25) is 0 Å². The van der Waals surface area contributed by atoms with Crippen molar-refractivity contribution in [1.82, 2.24) is 4.98 Å². The number of rotatable bonds is 6. The van der Waals surface area contributed by atoms with E-state index < -0.39 is 46.9 Å². The standard InChI is InChI=1S/C16H20N2O10S2/c19-6-10-13(21)14(22)15(23)16(27-10)29-11(18-28-30(24,25)26)4-7-5-17-8-2-1-3-9(20)12(7)8/h1-3,5,10,13-17,19-23H,4,6H2,(H,24,25,26)/b18-11+/t10-,13+,14+,15+,16+/m1/s1. The van der Waals surface area contributed by atoms with Gasteiger partial charge in [0.15, 0.2) is 0 Å². The first-order valence-electron chi connectivity index (χ1n) is 8.58. The molecule has 1 saturated heterocycles. The molecule has 7 N–H and O–H groups in total. The van der Waals surface area contributed by atoms with Crippen LogP contribution in [0.25, 0.3) is 10.9 Å². The van der Waals surface area contributed by atoms with E-state index in [1.54, 1.807) is 18.3 Å². The molecule has 14 heteroatoms. The van der Waals surface area contributed by atoms with Gasteiger partial charge in [0, 0.05) is 23.5 Å². The van der Waals surface area contributed by atoms with Gasteiger partial charge in [-0.05, 0) is 17.7 Å². The van der Waals surface area contributed by atoms with E-state index in [0.29, 0.717) is 28.2 Å². The normalized spacial score (nSPS) is 28.0. The molecule has 1 fully saturated rings. The number of nitrogens with one attached hydrogen (secondary N) is 1. The zero-order valence-electron chi connectivity index (χ0n) is 15.2. The van der Waals surface area contributed by atoms with Gasteiger partial charge in [0.05, 0.1) is 6.61 Å². The van der Waals surface area contributed by atoms with E-state index in [0.717, 1.165) is 0 Å². The zero-order chi connectivity index (χ0) is 22.1. The van der Waals surface area contributed by atoms with Crippen LogP contribution in [0, 0.1) is 0 Å². The van der Waals surface area contributed by atoms with Gasteiger partial charge < -0.3 is 35.3 Å². The summed E-state index contributed by atoms with van der Waals surface area (Å²) >= 11 is 0.651. The number of nitrogens with zero attached hydrogens (tertiary/aromatic N) is 1. The van der Waals surface area contributed by atoms with Gasteiger partial charge in [0.1, 0.15) is 40.6 Å². The monoisotopic (exact) mass is 464 g/mol. The number of thioether (sulfide) groups is 1. The van der Waals surface area contributed by atoms with Gasteiger partial charge >= 0.3 is 10.4 Å². The lowest BCUT2D eigenvalue weighted by Gasteiger charge is -2.39. The average Bonchev–Trinajstić information content (AvgIpc) is 3.10. The second-order valence-corrected chi connectivity index (χ2v) is 8.67. The van der Waals surface area contributed by atoms with Gasteiger partial charge in [-0.3, -0.25) is 4.55 Å². The minimum Gasteiger partial charge on any atom is -0.507 e. The lowest BCUT2D eigenvalue weighted by Crippen LogP contribution is -2.57. The second-order valence-electron chi connectivity index (χ2n) is 6.49. The maximum Gasteiger partial charge on any atom is 0.466 e. The number of H-pyrrole nitrogens is 1. The molecule has 2 heterocycles. The largest absolute Gasteiger partial charge is 0.507 e. The average molecular weight is 464 g/mol. The van der Waals surface area contributed by atoms with Gasteiger partial charge in [0.25, 0.3) is 0 Å². The van der Waals surface area contributed by atoms with Crippen LogP contribution in [0.5, 0.6) is 5.75 Å². The van der Waals surface area contributed by atoms with Crippen molar-refractivity contribution in [3.8, 4) is 5.75 Å². The van der Waals surface area contributed by atoms with Crippen molar-refractivity contribution >= 4 is 38.1 Å². The SMILES string of the molecule is O=S(=O)(O)O/N=C(\Cc1c[nH]c2cccc(O)c12)S[C@@H]1O[C@H](CO)[C@H](O)[C@H](O)[C@@H]1O. The summed E-state index contributed by atoms with van der Waals surface area (Å²) in [6, 6.07) is 4.78. The number of aromatic hydroxyl groups is 1. The fourth-order valence-electron chi connectivity index (χ4n) is 3.02. The lowest BCUT2D eigenvalue weighted by atomic mass is 10.0. The number of hydrogen-bond donors (Lipinski definition) is 7. The van der Waals surface area contributed by atoms with E-state index in [2.05, 4.69) is 14.4 Å². The molecule has 166 valence electrons. The number of ether oxygens (including phenoxy) is 1. The van der Waals surface area contributed by atoms with E-state index >= 15 is 0 Å². The van der Waals surface area contributed by atoms with Crippen molar-refractivity contribution in [3.05, 3.63) is 30.0 Å². The van der Waals surface area contributed by atoms with Crippen molar-refractivity contribution in [2.24, 2.45) is 5.16 Å². The first kappa shape index (κ1) is 22.8. The molecule has 12 nitrogen and oxygen atoms in total. The predicted octanol–water partition coefficient (Wildman–Crippen LogP) is -0.918. The Labute approximate surface area is 174 Å². The Morgan fingerprint density at radius 1 is 1.23 bits per heavy atom. The Morgan fingerprint density at radius 3 is 2.63 bits per heavy atom. The molecule has 1 aliphatic rings. The van der Waals surface area contributed by atoms with E-state index in [1.165, 1.54) is 6.07 Å². The molecular weight excluding hydrogens is 444 g/mol. The number of benzene rings is 1. The topological polar surface area (TPSA) is 202 Å². The fourth-order valence-corrected chi connectivity index (χ4v) is 4.34. The van der Waals surface area contributed by atoms with E-state index in [1.807, 2.05) is 0 Å². The van der Waals surface area contributed by atoms with Crippen LogP contribution in [0.15, 0.2) is 29.6 Å². The fraction of sp³-hybridized carbons (Fsp3) is 0.438. The third-order valence-electron chi connectivity index (χ3n) is 4.44. The lowest BCUT2D eigenvalue weighted by molar-refractivity contribution is -0.205. The summed E-state index contributed by atoms with van der Waals surface area (Å²) in [6.45, 7) is -0.647. The quantitative estimate of drug-likeness (QED) is 0.121. The number of phenols is 1. The van der Waals surface area contributed by atoms with Crippen LogP contribution in [0.4, 0.5) is 0 Å². The summed E-state index contributed by atoms with van der Waals surface area (Å²) in [6.07, 6.45) is -4.58. The summed E-state index contributed by atoms with van der Waals surface area (Å²) in [4.78, 5) is 2.93. The maximum absolute atomic E-state index is 10.9. The molecule has 5 atom stereocenters. The summed E-state index contributed by atoms with van der Waals surface area (Å²) in [5, 5.41) is 53.1. The number of aromatic amines is 1. The van der Waals surface area contributed by atoms with E-state index in [9.17, 15) is 34.0 Å². The van der Waals surface area contributed by atoms with Gasteiger partial charge in [-0.25, -0.2) is 4.28 Å². The number of aromatic nitrogens is 1. The van der Waals surface area contributed by atoms with Gasteiger partial charge in [-0.2, -0.15) is 8.42 Å². The van der Waals surface area contributed by atoms with Crippen LogP contribution in [-0.4, -0.2) is 85.0 Å². The van der Waals surface area contributed by atoms with Crippen LogP contribution in [-0.2, 0) is 25.8 Å². The Hall–Kier alpha value is -1.91. The number of phenolic OH excluding ortho intramolecular Hbond substituents is 1. The van der Waals surface area contributed by atoms with E-state index in [4.69, 9.17) is 9.29 Å². The van der Waals surface area contributed by atoms with Gasteiger partial charge in [-0.1, -0.05) is 23.0 Å². The third-order valence-corrected chi connectivity index (χ3v) is 5.82. The summed E-state index contributed by atoms with van der Waals surface area (Å²) in [5.74, 6) is -0.0448. The third kappa shape index (κ3) is 5.04. The van der Waals surface area contributed by atoms with E-state index in [-0.39, 0.29) is 17.2 Å². The molecule has 0 unspecified atom stereocenters. The summed E-state index contributed by atoms with van der Waals surface area (Å²) < 4.78 is 40.2. The van der Waals surface area contributed by atoms with Gasteiger partial charge in [0.2, 0.25) is 0 Å². The molecule has 30 heavy (non-hydrogen) atoms. The molecule has 1 aromatic heterocycles. The second kappa shape index (κ2) is 9.07. The Balaban J connectivity index is 1.89. The highest BCUT2D eigenvalue weighted by Crippen LogP contribution is 2.33. The van der Waals surface area contributed by atoms with Crippen LogP contribution >= 0.6 is 11.8 Å². The molecule has 0 amide bonds. The van der Waals surface area contributed by atoms with Crippen LogP contribution in [0.3, 0.4) is 0 Å². The molecule has 0 saturated carbocycles. The van der Waals surface area contributed by atoms with Crippen molar-refractivity contribution in [3.63, 3.8) is 0 Å². The number of fused-ring (bicyclic) bond motifs is 1. The Morgan fingerprint density at radius 2 is 1.97 bits per heavy atom. The first-order chi connectivity index (χ1) is 14.1. The van der Waals surface area contributed by atoms with Crippen molar-refractivity contribution < 1.29 is 47.5 Å². The minimum atomic E-state index is -4.93. The molecule has 1 aliphatic heterocycles. The highest BCUT2D eigenvalue weighted by Gasteiger charge is 2.44. The summed E-state index contributed by atoms with van der Waals surface area (Å²) in [5.41, 5.74) is -0.182. The van der Waals surface area contributed by atoms with Crippen LogP contribution < -0.4 is 0 Å². The molecule has 0 radical (unpaired) electrons. The minimum absolute atomic E-state index is 0.0448. The number of aliphatic hydroxyl groups excluding tert-OH is 4. The smallest absolute Gasteiger partial charge is 0.466 e. The Bertz CT molecular complexity index is 1020. The molecule has 0 bridgehead atoms. The molecule has 1 aromatic carbocycles. The van der Waals surface area contributed by atoms with Crippen molar-refractivity contribution in [2.45, 2.75) is 36.3 Å². The van der Waals surface area contributed by atoms with Crippen molar-refractivity contribution in [1.29, 1.82) is 0 Å². The summed E-state index contributed by atoms with van der Waals surface area (Å²) in [7, 11) is -4.93. The highest BCUT2D eigenvalue weighted by molar-refractivity contribution is 8.14. The van der Waals surface area contributed by atoms with Crippen molar-refractivity contribution in [2.75, 3.05) is 6.61 Å². The molecule has 0 aliphatic carbocycles.